The van der Waals surface area contributed by atoms with E-state index in [9.17, 15) is 0 Å². The van der Waals surface area contributed by atoms with Crippen molar-refractivity contribution in [3.8, 4) is 0 Å². The van der Waals surface area contributed by atoms with Crippen LogP contribution in [0.4, 0.5) is 5.82 Å². The first kappa shape index (κ1) is 10.2. The number of rotatable bonds is 2. The van der Waals surface area contributed by atoms with E-state index in [4.69, 9.17) is 16.9 Å². The van der Waals surface area contributed by atoms with E-state index in [1.807, 2.05) is 6.07 Å². The zero-order chi connectivity index (χ0) is 10.7. The van der Waals surface area contributed by atoms with Gasteiger partial charge in [0.1, 0.15) is 5.82 Å². The Morgan fingerprint density at radius 1 is 1.36 bits per heavy atom. The third kappa shape index (κ3) is 2.10. The van der Waals surface area contributed by atoms with Crippen molar-refractivity contribution >= 4 is 17.1 Å². The maximum Gasteiger partial charge on any atom is 0.123 e. The molecule has 74 valence electrons. The van der Waals surface area contributed by atoms with Crippen molar-refractivity contribution in [2.24, 2.45) is 5.73 Å². The lowest BCUT2D eigenvalue weighted by Crippen LogP contribution is -2.05. The summed E-state index contributed by atoms with van der Waals surface area (Å²) in [5.41, 5.74) is 13.7. The van der Waals surface area contributed by atoms with E-state index < -0.39 is 0 Å². The van der Waals surface area contributed by atoms with Gasteiger partial charge in [0.25, 0.3) is 0 Å². The molecule has 0 radical (unpaired) electrons. The Bertz CT molecular complexity index is 372. The summed E-state index contributed by atoms with van der Waals surface area (Å²) < 4.78 is 0. The fourth-order valence-electron chi connectivity index (χ4n) is 1.29. The normalized spacial score (nSPS) is 12.1. The Hall–Kier alpha value is -1.84. The third-order valence-electron chi connectivity index (χ3n) is 1.84. The Kier molecular flexibility index (Phi) is 2.86. The zero-order valence-corrected chi connectivity index (χ0v) is 8.33. The molecule has 5 N–H and O–H groups in total. The van der Waals surface area contributed by atoms with Gasteiger partial charge in [-0.3, -0.25) is 0 Å². The quantitative estimate of drug-likeness (QED) is 0.616. The molecule has 4 nitrogen and oxygen atoms in total. The van der Waals surface area contributed by atoms with Crippen LogP contribution < -0.4 is 11.5 Å². The molecule has 1 heterocycles. The highest BCUT2D eigenvalue weighted by molar-refractivity contribution is 6.21. The third-order valence-corrected chi connectivity index (χ3v) is 1.84. The average Bonchev–Trinajstić information content (AvgIpc) is 2.07. The molecule has 0 saturated heterocycles. The number of hydrogen-bond donors (Lipinski definition) is 3. The number of anilines is 1. The van der Waals surface area contributed by atoms with Crippen molar-refractivity contribution in [1.82, 2.24) is 4.98 Å². The van der Waals surface area contributed by atoms with E-state index in [0.29, 0.717) is 17.2 Å². The Labute approximate surface area is 83.2 Å². The van der Waals surface area contributed by atoms with Crippen LogP contribution in [0.1, 0.15) is 19.4 Å². The SMILES string of the molecule is CC(=N)/C(=C(/C)N)c1ccc(N)nc1. The molecule has 0 fully saturated rings. The number of hydrogen-bond acceptors (Lipinski definition) is 4. The second kappa shape index (κ2) is 3.91. The van der Waals surface area contributed by atoms with Crippen molar-refractivity contribution in [1.29, 1.82) is 5.41 Å². The number of nitrogens with zero attached hydrogens (tertiary/aromatic N) is 1. The number of pyridine rings is 1. The summed E-state index contributed by atoms with van der Waals surface area (Å²) in [7, 11) is 0. The summed E-state index contributed by atoms with van der Waals surface area (Å²) in [5, 5.41) is 7.58. The van der Waals surface area contributed by atoms with Crippen LogP contribution >= 0.6 is 0 Å². The van der Waals surface area contributed by atoms with Gasteiger partial charge in [-0.05, 0) is 26.0 Å². The lowest BCUT2D eigenvalue weighted by atomic mass is 10.0. The lowest BCUT2D eigenvalue weighted by molar-refractivity contribution is 1.28. The molecule has 1 aromatic rings. The molecule has 0 aromatic carbocycles. The second-order valence-electron chi connectivity index (χ2n) is 3.15. The number of nitrogen functional groups attached to an aromatic ring is 1. The van der Waals surface area contributed by atoms with Gasteiger partial charge in [0.2, 0.25) is 0 Å². The molecule has 0 aliphatic rings. The van der Waals surface area contributed by atoms with Crippen LogP contribution in [0.5, 0.6) is 0 Å². The minimum atomic E-state index is 0.427. The Morgan fingerprint density at radius 2 is 2.00 bits per heavy atom. The second-order valence-corrected chi connectivity index (χ2v) is 3.15. The maximum absolute atomic E-state index is 7.58. The van der Waals surface area contributed by atoms with E-state index in [1.165, 1.54) is 0 Å². The average molecular weight is 190 g/mol. The van der Waals surface area contributed by atoms with Gasteiger partial charge < -0.3 is 16.9 Å². The van der Waals surface area contributed by atoms with E-state index >= 15 is 0 Å². The van der Waals surface area contributed by atoms with Gasteiger partial charge >= 0.3 is 0 Å². The highest BCUT2D eigenvalue weighted by Gasteiger charge is 2.06. The molecule has 4 heteroatoms. The van der Waals surface area contributed by atoms with Crippen LogP contribution in [0.15, 0.2) is 24.0 Å². The fraction of sp³-hybridized carbons (Fsp3) is 0.200. The number of nitrogens with two attached hydrogens (primary N) is 2. The predicted octanol–water partition coefficient (Wildman–Crippen LogP) is 1.39. The highest BCUT2D eigenvalue weighted by Crippen LogP contribution is 2.17. The molecule has 1 rings (SSSR count). The molecule has 0 unspecified atom stereocenters. The van der Waals surface area contributed by atoms with Crippen LogP contribution in [-0.4, -0.2) is 10.7 Å². The van der Waals surface area contributed by atoms with Crippen molar-refractivity contribution in [2.75, 3.05) is 5.73 Å². The van der Waals surface area contributed by atoms with Crippen molar-refractivity contribution in [3.63, 3.8) is 0 Å². The van der Waals surface area contributed by atoms with E-state index in [0.717, 1.165) is 11.1 Å². The first-order chi connectivity index (χ1) is 6.52. The summed E-state index contributed by atoms with van der Waals surface area (Å²) >= 11 is 0. The minimum Gasteiger partial charge on any atom is -0.402 e. The van der Waals surface area contributed by atoms with Gasteiger partial charge in [-0.1, -0.05) is 0 Å². The van der Waals surface area contributed by atoms with Crippen LogP contribution in [0.3, 0.4) is 0 Å². The largest absolute Gasteiger partial charge is 0.402 e. The van der Waals surface area contributed by atoms with Crippen molar-refractivity contribution in [2.45, 2.75) is 13.8 Å². The van der Waals surface area contributed by atoms with Crippen LogP contribution in [0.2, 0.25) is 0 Å². The van der Waals surface area contributed by atoms with Gasteiger partial charge in [0.15, 0.2) is 0 Å². The van der Waals surface area contributed by atoms with Gasteiger partial charge in [-0.25, -0.2) is 4.98 Å². The first-order valence-electron chi connectivity index (χ1n) is 4.26. The van der Waals surface area contributed by atoms with Gasteiger partial charge in [-0.15, -0.1) is 0 Å². The number of nitrogens with one attached hydrogen (secondary N) is 1. The molecule has 0 spiro atoms. The van der Waals surface area contributed by atoms with Gasteiger partial charge in [-0.2, -0.15) is 0 Å². The summed E-state index contributed by atoms with van der Waals surface area (Å²) in [6.07, 6.45) is 1.62. The number of aromatic nitrogens is 1. The Morgan fingerprint density at radius 3 is 2.36 bits per heavy atom. The molecular formula is C10H14N4. The fourth-order valence-corrected chi connectivity index (χ4v) is 1.29. The molecule has 0 aliphatic heterocycles. The van der Waals surface area contributed by atoms with Gasteiger partial charge in [0.05, 0.1) is 0 Å². The summed E-state index contributed by atoms with van der Waals surface area (Å²) in [6.45, 7) is 3.46. The van der Waals surface area contributed by atoms with Gasteiger partial charge in [0, 0.05) is 28.7 Å². The highest BCUT2D eigenvalue weighted by atomic mass is 14.8. The number of allylic oxidation sites excluding steroid dienone is 2. The van der Waals surface area contributed by atoms with Crippen molar-refractivity contribution in [3.05, 3.63) is 29.6 Å². The van der Waals surface area contributed by atoms with Crippen LogP contribution in [-0.2, 0) is 0 Å². The summed E-state index contributed by atoms with van der Waals surface area (Å²) in [6, 6.07) is 3.51. The molecule has 0 aliphatic carbocycles. The monoisotopic (exact) mass is 190 g/mol. The molecule has 0 saturated carbocycles. The molecule has 0 bridgehead atoms. The molecule has 1 aromatic heterocycles. The van der Waals surface area contributed by atoms with Crippen molar-refractivity contribution < 1.29 is 0 Å². The first-order valence-corrected chi connectivity index (χ1v) is 4.26. The zero-order valence-electron chi connectivity index (χ0n) is 8.33. The van der Waals surface area contributed by atoms with E-state index in [2.05, 4.69) is 4.98 Å². The molecule has 0 atom stereocenters. The van der Waals surface area contributed by atoms with Crippen LogP contribution in [0.25, 0.3) is 5.57 Å². The summed E-state index contributed by atoms with van der Waals surface area (Å²) in [4.78, 5) is 3.96. The standard InChI is InChI=1S/C10H14N4/c1-6(11)10(7(2)12)8-3-4-9(13)14-5-8/h3-5,11H,12H2,1-2H3,(H2,13,14)/b10-7+,11-6?. The van der Waals surface area contributed by atoms with E-state index in [1.54, 1.807) is 26.1 Å². The molecular weight excluding hydrogens is 176 g/mol. The topological polar surface area (TPSA) is 88.8 Å². The van der Waals surface area contributed by atoms with Crippen LogP contribution in [0, 0.1) is 5.41 Å². The summed E-state index contributed by atoms with van der Waals surface area (Å²) in [5.74, 6) is 0.463. The molecule has 0 amide bonds. The minimum absolute atomic E-state index is 0.427. The van der Waals surface area contributed by atoms with E-state index in [-0.39, 0.29) is 0 Å². The smallest absolute Gasteiger partial charge is 0.123 e. The maximum atomic E-state index is 7.58. The Balaban J connectivity index is 3.21. The molecule has 14 heavy (non-hydrogen) atoms. The lowest BCUT2D eigenvalue weighted by Gasteiger charge is -2.07. The predicted molar refractivity (Wildman–Crippen MR) is 58.8 cm³/mol.